The molecule has 84 valence electrons. The van der Waals surface area contributed by atoms with Gasteiger partial charge in [-0.2, -0.15) is 4.57 Å². The van der Waals surface area contributed by atoms with Gasteiger partial charge in [-0.1, -0.05) is 24.4 Å². The van der Waals surface area contributed by atoms with Crippen LogP contribution in [0.4, 0.5) is 0 Å². The van der Waals surface area contributed by atoms with Crippen LogP contribution in [-0.4, -0.2) is 17.3 Å². The van der Waals surface area contributed by atoms with Gasteiger partial charge >= 0.3 is 0 Å². The predicted molar refractivity (Wildman–Crippen MR) is 67.2 cm³/mol. The molecule has 0 saturated heterocycles. The lowest BCUT2D eigenvalue weighted by Crippen LogP contribution is -2.50. The van der Waals surface area contributed by atoms with E-state index in [0.717, 1.165) is 0 Å². The summed E-state index contributed by atoms with van der Waals surface area (Å²) in [5.74, 6) is 0.0118. The maximum Gasteiger partial charge on any atom is 0.265 e. The van der Waals surface area contributed by atoms with E-state index in [0.29, 0.717) is 11.5 Å². The first-order chi connectivity index (χ1) is 7.66. The van der Waals surface area contributed by atoms with Gasteiger partial charge in [0.1, 0.15) is 0 Å². The Morgan fingerprint density at radius 2 is 2.12 bits per heavy atom. The Balaban J connectivity index is 2.88. The second kappa shape index (κ2) is 6.12. The van der Waals surface area contributed by atoms with Crippen LogP contribution in [0, 0.1) is 0 Å². The highest BCUT2D eigenvalue weighted by atomic mass is 32.1. The van der Waals surface area contributed by atoms with Crippen molar-refractivity contribution < 1.29 is 9.36 Å². The van der Waals surface area contributed by atoms with Crippen molar-refractivity contribution in [1.29, 1.82) is 0 Å². The molecule has 1 aromatic heterocycles. The third kappa shape index (κ3) is 3.24. The van der Waals surface area contributed by atoms with Gasteiger partial charge in [-0.05, 0) is 0 Å². The molecule has 0 fully saturated rings. The fourth-order valence-corrected chi connectivity index (χ4v) is 1.75. The molecule has 4 heteroatoms. The fraction of sp³-hybridized carbons (Fsp3) is 0.250. The molecule has 0 radical (unpaired) electrons. The molecule has 0 bridgehead atoms. The summed E-state index contributed by atoms with van der Waals surface area (Å²) in [6, 6.07) is 5.20. The molecule has 1 heterocycles. The molecule has 0 aromatic carbocycles. The van der Waals surface area contributed by atoms with E-state index >= 15 is 0 Å². The highest BCUT2D eigenvalue weighted by molar-refractivity contribution is 7.80. The Bertz CT molecular complexity index is 389. The summed E-state index contributed by atoms with van der Waals surface area (Å²) in [6.45, 7) is 5.70. The molecule has 0 spiro atoms. The van der Waals surface area contributed by atoms with E-state index in [4.69, 9.17) is 12.2 Å². The molecular formula is C12H15N2OS+. The molecule has 0 aliphatic carbocycles. The normalized spacial score (nSPS) is 11.6. The lowest BCUT2D eigenvalue weighted by molar-refractivity contribution is -0.693. The number of carbonyl (C=O) groups is 1. The van der Waals surface area contributed by atoms with Gasteiger partial charge < -0.3 is 5.32 Å². The first-order valence-electron chi connectivity index (χ1n) is 5.01. The average Bonchev–Trinajstić information content (AvgIpc) is 2.27. The van der Waals surface area contributed by atoms with Crippen molar-refractivity contribution in [3.8, 4) is 0 Å². The largest absolute Gasteiger partial charge is 0.370 e. The molecule has 0 unspecified atom stereocenters. The van der Waals surface area contributed by atoms with Gasteiger partial charge in [0.2, 0.25) is 5.78 Å². The van der Waals surface area contributed by atoms with Crippen LogP contribution in [0.1, 0.15) is 13.0 Å². The van der Waals surface area contributed by atoms with Crippen molar-refractivity contribution in [2.24, 2.45) is 0 Å². The molecule has 1 rings (SSSR count). The molecule has 0 amide bonds. The molecule has 3 nitrogen and oxygen atoms in total. The van der Waals surface area contributed by atoms with Crippen LogP contribution in [0.5, 0.6) is 0 Å². The Hall–Kier alpha value is -1.55. The van der Waals surface area contributed by atoms with Gasteiger partial charge in [-0.15, -0.1) is 6.58 Å². The number of aromatic nitrogens is 1. The number of rotatable bonds is 5. The number of hydrogen-bond acceptors (Lipinski definition) is 2. The molecule has 1 atom stereocenters. The SMILES string of the molecule is C=CCNC(=S)[C@@H](C(C)=O)[n+]1ccccc1. The van der Waals surface area contributed by atoms with Crippen molar-refractivity contribution in [2.75, 3.05) is 6.54 Å². The van der Waals surface area contributed by atoms with Crippen LogP contribution in [0.15, 0.2) is 43.2 Å². The summed E-state index contributed by atoms with van der Waals surface area (Å²) in [7, 11) is 0. The molecule has 16 heavy (non-hydrogen) atoms. The molecule has 0 aliphatic rings. The summed E-state index contributed by atoms with van der Waals surface area (Å²) in [5.41, 5.74) is 0. The first kappa shape index (κ1) is 12.5. The van der Waals surface area contributed by atoms with Crippen LogP contribution in [0.3, 0.4) is 0 Å². The Kier molecular flexibility index (Phi) is 4.79. The number of thiocarbonyl (C=S) groups is 1. The van der Waals surface area contributed by atoms with Crippen molar-refractivity contribution >= 4 is 23.0 Å². The van der Waals surface area contributed by atoms with Gasteiger partial charge in [0.05, 0.1) is 0 Å². The molecular weight excluding hydrogens is 220 g/mol. The van der Waals surface area contributed by atoms with Gasteiger partial charge in [0, 0.05) is 25.6 Å². The lowest BCUT2D eigenvalue weighted by atomic mass is 10.2. The summed E-state index contributed by atoms with van der Waals surface area (Å²) < 4.78 is 1.79. The number of carbonyl (C=O) groups excluding carboxylic acids is 1. The fourth-order valence-electron chi connectivity index (χ4n) is 1.38. The van der Waals surface area contributed by atoms with E-state index in [1.54, 1.807) is 10.6 Å². The van der Waals surface area contributed by atoms with Gasteiger partial charge in [-0.25, -0.2) is 0 Å². The number of ketones is 1. The monoisotopic (exact) mass is 235 g/mol. The van der Waals surface area contributed by atoms with E-state index in [1.165, 1.54) is 6.92 Å². The third-order valence-corrected chi connectivity index (χ3v) is 2.46. The van der Waals surface area contributed by atoms with Crippen molar-refractivity contribution in [2.45, 2.75) is 13.0 Å². The number of Topliss-reactive ketones (excluding diaryl/α,β-unsaturated/α-hetero) is 1. The summed E-state index contributed by atoms with van der Waals surface area (Å²) in [4.78, 5) is 12.1. The maximum absolute atomic E-state index is 11.6. The Morgan fingerprint density at radius 3 is 2.62 bits per heavy atom. The molecule has 0 aliphatic heterocycles. The standard InChI is InChI=1S/C12H14N2OS/c1-3-7-13-12(16)11(10(2)15)14-8-5-4-6-9-14/h3-6,8-9,11H,1,7H2,2H3/p+1/t11-/m1/s1. The Morgan fingerprint density at radius 1 is 1.50 bits per heavy atom. The number of nitrogens with zero attached hydrogens (tertiary/aromatic N) is 1. The number of nitrogens with one attached hydrogen (secondary N) is 1. The minimum absolute atomic E-state index is 0.0118. The number of pyridine rings is 1. The predicted octanol–water partition coefficient (Wildman–Crippen LogP) is 1.21. The van der Waals surface area contributed by atoms with Gasteiger partial charge in [-0.3, -0.25) is 4.79 Å². The Labute approximate surface area is 101 Å². The first-order valence-corrected chi connectivity index (χ1v) is 5.42. The zero-order valence-corrected chi connectivity index (χ0v) is 10.0. The van der Waals surface area contributed by atoms with Crippen molar-refractivity contribution in [3.05, 3.63) is 43.2 Å². The summed E-state index contributed by atoms with van der Waals surface area (Å²) in [6.07, 6.45) is 5.36. The zero-order chi connectivity index (χ0) is 12.0. The van der Waals surface area contributed by atoms with Gasteiger partial charge in [0.15, 0.2) is 17.4 Å². The average molecular weight is 235 g/mol. The highest BCUT2D eigenvalue weighted by Crippen LogP contribution is 2.00. The second-order valence-corrected chi connectivity index (χ2v) is 3.81. The molecule has 1 aromatic rings. The van der Waals surface area contributed by atoms with Crippen LogP contribution in [-0.2, 0) is 4.79 Å². The zero-order valence-electron chi connectivity index (χ0n) is 9.22. The van der Waals surface area contributed by atoms with E-state index in [1.807, 2.05) is 30.6 Å². The van der Waals surface area contributed by atoms with Crippen molar-refractivity contribution in [1.82, 2.24) is 5.32 Å². The number of hydrogen-bond donors (Lipinski definition) is 1. The molecule has 1 N–H and O–H groups in total. The highest BCUT2D eigenvalue weighted by Gasteiger charge is 2.27. The minimum Gasteiger partial charge on any atom is -0.370 e. The van der Waals surface area contributed by atoms with E-state index in [-0.39, 0.29) is 5.78 Å². The lowest BCUT2D eigenvalue weighted by Gasteiger charge is -2.11. The van der Waals surface area contributed by atoms with Gasteiger partial charge in [0.25, 0.3) is 6.04 Å². The van der Waals surface area contributed by atoms with Crippen LogP contribution in [0.25, 0.3) is 0 Å². The van der Waals surface area contributed by atoms with E-state index in [9.17, 15) is 4.79 Å². The minimum atomic E-state index is -0.434. The van der Waals surface area contributed by atoms with Crippen LogP contribution < -0.4 is 9.88 Å². The second-order valence-electron chi connectivity index (χ2n) is 3.37. The smallest absolute Gasteiger partial charge is 0.265 e. The van der Waals surface area contributed by atoms with E-state index < -0.39 is 6.04 Å². The summed E-state index contributed by atoms with van der Waals surface area (Å²) >= 11 is 5.20. The van der Waals surface area contributed by atoms with Crippen LogP contribution >= 0.6 is 12.2 Å². The van der Waals surface area contributed by atoms with Crippen LogP contribution in [0.2, 0.25) is 0 Å². The summed E-state index contributed by atoms with van der Waals surface area (Å²) in [5, 5.41) is 2.98. The van der Waals surface area contributed by atoms with E-state index in [2.05, 4.69) is 11.9 Å². The quantitative estimate of drug-likeness (QED) is 0.473. The maximum atomic E-state index is 11.6. The molecule has 0 saturated carbocycles. The van der Waals surface area contributed by atoms with Crippen molar-refractivity contribution in [3.63, 3.8) is 0 Å². The third-order valence-electron chi connectivity index (χ3n) is 2.09. The topological polar surface area (TPSA) is 33.0 Å².